The first-order valence-corrected chi connectivity index (χ1v) is 12.6. The minimum Gasteiger partial charge on any atom is -0.487 e. The minimum absolute atomic E-state index is 0.0463. The minimum atomic E-state index is -1.27. The Balaban J connectivity index is 1.54. The van der Waals surface area contributed by atoms with Gasteiger partial charge in [-0.3, -0.25) is 9.59 Å². The van der Waals surface area contributed by atoms with Crippen molar-refractivity contribution in [2.24, 2.45) is 17.8 Å². The third kappa shape index (κ3) is 3.09. The molecule has 0 bridgehead atoms. The summed E-state index contributed by atoms with van der Waals surface area (Å²) >= 11 is 6.79. The van der Waals surface area contributed by atoms with Crippen LogP contribution >= 0.6 is 11.6 Å². The first-order chi connectivity index (χ1) is 15.3. The van der Waals surface area contributed by atoms with Gasteiger partial charge < -0.3 is 18.9 Å². The van der Waals surface area contributed by atoms with Crippen LogP contribution in [0, 0.1) is 17.8 Å². The summed E-state index contributed by atoms with van der Waals surface area (Å²) in [7, 11) is 3.24. The van der Waals surface area contributed by atoms with E-state index >= 15 is 0 Å². The van der Waals surface area contributed by atoms with Crippen molar-refractivity contribution < 1.29 is 28.5 Å². The van der Waals surface area contributed by atoms with E-state index in [1.165, 1.54) is 19.3 Å². The molecular weight excluding hydrogens is 432 g/mol. The second-order valence-corrected chi connectivity index (χ2v) is 11.2. The van der Waals surface area contributed by atoms with E-state index in [0.29, 0.717) is 30.1 Å². The molecule has 6 nitrogen and oxygen atoms in total. The van der Waals surface area contributed by atoms with Gasteiger partial charge >= 0.3 is 0 Å². The van der Waals surface area contributed by atoms with Gasteiger partial charge in [-0.25, -0.2) is 0 Å². The highest BCUT2D eigenvalue weighted by Crippen LogP contribution is 2.58. The molecule has 3 fully saturated rings. The van der Waals surface area contributed by atoms with Crippen LogP contribution in [0.5, 0.6) is 0 Å². The number of Topliss-reactive ketones (excluding diaryl/α,β-unsaturated/α-hetero) is 2. The second kappa shape index (κ2) is 8.07. The topological polar surface area (TPSA) is 71.1 Å². The SMILES string of the molecule is COC1CC(OC)C2C(=O)[C@@]3(OC2C1Cl)C1=C(C[C@](C)(C2CCCCC2)O1)C(=O)C[C@H]3C. The van der Waals surface area contributed by atoms with E-state index in [9.17, 15) is 9.59 Å². The highest BCUT2D eigenvalue weighted by Gasteiger charge is 2.69. The van der Waals surface area contributed by atoms with Crippen LogP contribution in [-0.4, -0.2) is 60.7 Å². The molecule has 2 saturated carbocycles. The largest absolute Gasteiger partial charge is 0.487 e. The lowest BCUT2D eigenvalue weighted by molar-refractivity contribution is -0.152. The maximum Gasteiger partial charge on any atom is 0.187 e. The number of hydrogen-bond acceptors (Lipinski definition) is 6. The van der Waals surface area contributed by atoms with Crippen LogP contribution in [0.25, 0.3) is 0 Å². The van der Waals surface area contributed by atoms with Crippen LogP contribution in [-0.2, 0) is 28.5 Å². The molecule has 0 radical (unpaired) electrons. The molecular formula is C25H35ClO6. The summed E-state index contributed by atoms with van der Waals surface area (Å²) in [6.07, 6.45) is 6.05. The Labute approximate surface area is 195 Å². The molecule has 0 N–H and O–H groups in total. The van der Waals surface area contributed by atoms with Crippen molar-refractivity contribution in [1.29, 1.82) is 0 Å². The fraction of sp³-hybridized carbons (Fsp3) is 0.840. The van der Waals surface area contributed by atoms with Crippen LogP contribution in [0.3, 0.4) is 0 Å². The average molecular weight is 467 g/mol. The fourth-order valence-corrected chi connectivity index (χ4v) is 7.51. The van der Waals surface area contributed by atoms with Crippen LogP contribution in [0.4, 0.5) is 0 Å². The normalized spacial score (nSPS) is 47.0. The molecule has 8 atom stereocenters. The number of halogens is 1. The summed E-state index contributed by atoms with van der Waals surface area (Å²) in [5, 5.41) is -0.472. The molecule has 0 aromatic rings. The number of carbonyl (C=O) groups excluding carboxylic acids is 2. The standard InChI is InChI=1S/C25H35ClO6/c1-13-10-16(27)15-12-24(2,14-8-6-5-7-9-14)32-23(15)25(13)22(28)19-17(29-3)11-18(30-4)20(26)21(19)31-25/h13-14,17-21H,5-12H2,1-4H3/t13-,17?,18?,19?,20?,21?,24-,25-/m1/s1. The molecule has 0 amide bonds. The van der Waals surface area contributed by atoms with Crippen molar-refractivity contribution in [1.82, 2.24) is 0 Å². The average Bonchev–Trinajstić information content (AvgIpc) is 3.32. The first kappa shape index (κ1) is 22.8. The maximum atomic E-state index is 14.1. The monoisotopic (exact) mass is 466 g/mol. The molecule has 0 aromatic heterocycles. The fourth-order valence-electron chi connectivity index (χ4n) is 7.09. The van der Waals surface area contributed by atoms with Crippen LogP contribution in [0.15, 0.2) is 11.3 Å². The van der Waals surface area contributed by atoms with Crippen LogP contribution < -0.4 is 0 Å². The third-order valence-electron chi connectivity index (χ3n) is 8.95. The Morgan fingerprint density at radius 1 is 1.06 bits per heavy atom. The molecule has 1 spiro atoms. The molecule has 2 aliphatic heterocycles. The second-order valence-electron chi connectivity index (χ2n) is 10.7. The van der Waals surface area contributed by atoms with Crippen molar-refractivity contribution in [2.45, 2.75) is 100 Å². The summed E-state index contributed by atoms with van der Waals surface area (Å²) in [6, 6.07) is 0. The van der Waals surface area contributed by atoms with Gasteiger partial charge in [0, 0.05) is 45.0 Å². The Kier molecular flexibility index (Phi) is 5.76. The highest BCUT2D eigenvalue weighted by atomic mass is 35.5. The van der Waals surface area contributed by atoms with Gasteiger partial charge in [0.1, 0.15) is 11.4 Å². The molecule has 5 rings (SSSR count). The lowest BCUT2D eigenvalue weighted by Crippen LogP contribution is -2.52. The summed E-state index contributed by atoms with van der Waals surface area (Å²) in [4.78, 5) is 27.3. The number of hydrogen-bond donors (Lipinski definition) is 0. The molecule has 0 aromatic carbocycles. The predicted octanol–water partition coefficient (Wildman–Crippen LogP) is 3.97. The maximum absolute atomic E-state index is 14.1. The number of rotatable bonds is 3. The zero-order chi connectivity index (χ0) is 22.8. The van der Waals surface area contributed by atoms with E-state index in [0.717, 1.165) is 12.8 Å². The number of fused-ring (bicyclic) bond motifs is 2. The molecule has 178 valence electrons. The van der Waals surface area contributed by atoms with Gasteiger partial charge in [0.05, 0.1) is 29.6 Å². The van der Waals surface area contributed by atoms with E-state index in [1.807, 2.05) is 6.92 Å². The van der Waals surface area contributed by atoms with Crippen molar-refractivity contribution >= 4 is 23.2 Å². The number of ether oxygens (including phenoxy) is 4. The number of carbonyl (C=O) groups is 2. The van der Waals surface area contributed by atoms with Crippen LogP contribution in [0.2, 0.25) is 0 Å². The molecule has 3 aliphatic carbocycles. The van der Waals surface area contributed by atoms with Crippen molar-refractivity contribution in [2.75, 3.05) is 14.2 Å². The predicted molar refractivity (Wildman–Crippen MR) is 118 cm³/mol. The van der Waals surface area contributed by atoms with Gasteiger partial charge in [0.2, 0.25) is 0 Å². The molecule has 7 heteroatoms. The van der Waals surface area contributed by atoms with Gasteiger partial charge in [-0.05, 0) is 25.7 Å². The van der Waals surface area contributed by atoms with E-state index in [4.69, 9.17) is 30.5 Å². The van der Waals surface area contributed by atoms with Crippen molar-refractivity contribution in [3.8, 4) is 0 Å². The van der Waals surface area contributed by atoms with E-state index in [-0.39, 0.29) is 36.1 Å². The van der Waals surface area contributed by atoms with Gasteiger partial charge in [0.25, 0.3) is 0 Å². The zero-order valence-electron chi connectivity index (χ0n) is 19.5. The van der Waals surface area contributed by atoms with Gasteiger partial charge in [-0.1, -0.05) is 26.2 Å². The van der Waals surface area contributed by atoms with Gasteiger partial charge in [0.15, 0.2) is 17.2 Å². The van der Waals surface area contributed by atoms with E-state index in [2.05, 4.69) is 6.92 Å². The van der Waals surface area contributed by atoms with Gasteiger partial charge in [-0.2, -0.15) is 0 Å². The van der Waals surface area contributed by atoms with E-state index < -0.39 is 28.6 Å². The third-order valence-corrected chi connectivity index (χ3v) is 9.48. The lowest BCUT2D eigenvalue weighted by atomic mass is 9.69. The van der Waals surface area contributed by atoms with Crippen LogP contribution in [0.1, 0.15) is 65.2 Å². The Morgan fingerprint density at radius 3 is 2.41 bits per heavy atom. The smallest absolute Gasteiger partial charge is 0.187 e. The molecule has 1 saturated heterocycles. The highest BCUT2D eigenvalue weighted by molar-refractivity contribution is 6.22. The number of alkyl halides is 1. The van der Waals surface area contributed by atoms with E-state index in [1.54, 1.807) is 14.2 Å². The Hall–Kier alpha value is -0.950. The van der Waals surface area contributed by atoms with Gasteiger partial charge in [-0.15, -0.1) is 11.6 Å². The quantitative estimate of drug-likeness (QED) is 0.586. The summed E-state index contributed by atoms with van der Waals surface area (Å²) < 4.78 is 24.7. The summed E-state index contributed by atoms with van der Waals surface area (Å²) in [5.41, 5.74) is -1.07. The number of ketones is 2. The van der Waals surface area contributed by atoms with Crippen molar-refractivity contribution in [3.05, 3.63) is 11.3 Å². The first-order valence-electron chi connectivity index (χ1n) is 12.1. The zero-order valence-corrected chi connectivity index (χ0v) is 20.3. The molecule has 5 unspecified atom stereocenters. The molecule has 5 aliphatic rings. The molecule has 2 heterocycles. The Bertz CT molecular complexity index is 834. The molecule has 32 heavy (non-hydrogen) atoms. The summed E-state index contributed by atoms with van der Waals surface area (Å²) in [5.74, 6) is 0.0818. The Morgan fingerprint density at radius 2 is 1.75 bits per heavy atom. The summed E-state index contributed by atoms with van der Waals surface area (Å²) in [6.45, 7) is 4.04. The lowest BCUT2D eigenvalue weighted by Gasteiger charge is -2.41. The van der Waals surface area contributed by atoms with Crippen molar-refractivity contribution in [3.63, 3.8) is 0 Å². The number of methoxy groups -OCH3 is 2.